The van der Waals surface area contributed by atoms with Crippen LogP contribution in [0, 0.1) is 6.92 Å². The van der Waals surface area contributed by atoms with Crippen LogP contribution < -0.4 is 10.5 Å². The summed E-state index contributed by atoms with van der Waals surface area (Å²) in [7, 11) is 0. The van der Waals surface area contributed by atoms with Crippen LogP contribution in [0.15, 0.2) is 60.8 Å². The van der Waals surface area contributed by atoms with Gasteiger partial charge in [-0.3, -0.25) is 0 Å². The summed E-state index contributed by atoms with van der Waals surface area (Å²) in [6, 6.07) is 17.6. The molecule has 4 nitrogen and oxygen atoms in total. The molecule has 0 radical (unpaired) electrons. The van der Waals surface area contributed by atoms with E-state index >= 15 is 0 Å². The summed E-state index contributed by atoms with van der Waals surface area (Å²) >= 11 is 0. The van der Waals surface area contributed by atoms with Crippen molar-refractivity contribution in [3.05, 3.63) is 77.7 Å². The second-order valence-electron chi connectivity index (χ2n) is 5.13. The first-order chi connectivity index (χ1) is 10.7. The van der Waals surface area contributed by atoms with Crippen molar-refractivity contribution in [1.82, 2.24) is 9.97 Å². The summed E-state index contributed by atoms with van der Waals surface area (Å²) < 4.78 is 5.81. The number of ether oxygens (including phenoxy) is 1. The first-order valence-electron chi connectivity index (χ1n) is 7.10. The van der Waals surface area contributed by atoms with Gasteiger partial charge in [0.25, 0.3) is 0 Å². The summed E-state index contributed by atoms with van der Waals surface area (Å²) in [6.07, 6.45) is 2.32. The zero-order chi connectivity index (χ0) is 15.4. The van der Waals surface area contributed by atoms with Crippen LogP contribution in [0.2, 0.25) is 0 Å². The Morgan fingerprint density at radius 1 is 0.909 bits per heavy atom. The lowest BCUT2D eigenvalue weighted by molar-refractivity contribution is 0.482. The van der Waals surface area contributed by atoms with E-state index in [4.69, 9.17) is 10.5 Å². The molecule has 0 unspecified atom stereocenters. The Morgan fingerprint density at radius 3 is 2.18 bits per heavy atom. The molecule has 0 bridgehead atoms. The van der Waals surface area contributed by atoms with Gasteiger partial charge in [-0.05, 0) is 42.8 Å². The highest BCUT2D eigenvalue weighted by Gasteiger charge is 2.02. The van der Waals surface area contributed by atoms with E-state index in [1.165, 1.54) is 5.56 Å². The van der Waals surface area contributed by atoms with Crippen molar-refractivity contribution >= 4 is 5.82 Å². The molecule has 0 atom stereocenters. The fourth-order valence-electron chi connectivity index (χ4n) is 2.10. The number of aryl methyl sites for hydroxylation is 1. The van der Waals surface area contributed by atoms with Gasteiger partial charge in [0.2, 0.25) is 0 Å². The van der Waals surface area contributed by atoms with E-state index in [9.17, 15) is 0 Å². The molecule has 3 rings (SSSR count). The van der Waals surface area contributed by atoms with Crippen LogP contribution in [0.4, 0.5) is 5.82 Å². The molecule has 0 aliphatic carbocycles. The number of aromatic nitrogens is 2. The minimum Gasteiger partial charge on any atom is -0.457 e. The topological polar surface area (TPSA) is 61.0 Å². The third-order valence-corrected chi connectivity index (χ3v) is 3.27. The van der Waals surface area contributed by atoms with Crippen LogP contribution in [-0.4, -0.2) is 9.97 Å². The number of benzene rings is 2. The molecule has 2 aromatic carbocycles. The van der Waals surface area contributed by atoms with E-state index in [-0.39, 0.29) is 0 Å². The normalized spacial score (nSPS) is 10.4. The van der Waals surface area contributed by atoms with Gasteiger partial charge in [-0.25, -0.2) is 9.97 Å². The van der Waals surface area contributed by atoms with Crippen molar-refractivity contribution in [2.45, 2.75) is 13.3 Å². The smallest absolute Gasteiger partial charge is 0.135 e. The van der Waals surface area contributed by atoms with Gasteiger partial charge in [-0.2, -0.15) is 0 Å². The highest BCUT2D eigenvalue weighted by Crippen LogP contribution is 2.22. The molecule has 0 spiro atoms. The molecule has 1 heterocycles. The van der Waals surface area contributed by atoms with Gasteiger partial charge in [0.15, 0.2) is 0 Å². The number of nitrogen functional groups attached to an aromatic ring is 1. The highest BCUT2D eigenvalue weighted by molar-refractivity contribution is 5.35. The first kappa shape index (κ1) is 14.1. The summed E-state index contributed by atoms with van der Waals surface area (Å²) in [6.45, 7) is 2.05. The number of hydrogen-bond donors (Lipinski definition) is 1. The Kier molecular flexibility index (Phi) is 4.01. The Bertz CT molecular complexity index is 752. The molecule has 0 aliphatic rings. The number of rotatable bonds is 4. The summed E-state index contributed by atoms with van der Waals surface area (Å²) in [5.74, 6) is 2.84. The predicted molar refractivity (Wildman–Crippen MR) is 86.9 cm³/mol. The van der Waals surface area contributed by atoms with E-state index in [0.717, 1.165) is 17.1 Å². The van der Waals surface area contributed by atoms with Crippen molar-refractivity contribution in [3.63, 3.8) is 0 Å². The molecule has 0 saturated carbocycles. The molecule has 110 valence electrons. The fraction of sp³-hybridized carbons (Fsp3) is 0.111. The number of anilines is 1. The summed E-state index contributed by atoms with van der Waals surface area (Å²) in [5.41, 5.74) is 7.99. The molecule has 0 saturated heterocycles. The van der Waals surface area contributed by atoms with Gasteiger partial charge in [0.1, 0.15) is 23.1 Å². The van der Waals surface area contributed by atoms with Crippen LogP contribution >= 0.6 is 0 Å². The molecule has 3 aromatic rings. The van der Waals surface area contributed by atoms with Gasteiger partial charge in [0.05, 0.1) is 0 Å². The first-order valence-corrected chi connectivity index (χ1v) is 7.10. The van der Waals surface area contributed by atoms with E-state index in [2.05, 4.69) is 16.9 Å². The lowest BCUT2D eigenvalue weighted by atomic mass is 10.1. The summed E-state index contributed by atoms with van der Waals surface area (Å²) in [5, 5.41) is 0. The van der Waals surface area contributed by atoms with E-state index in [1.807, 2.05) is 48.5 Å². The minimum absolute atomic E-state index is 0.490. The van der Waals surface area contributed by atoms with Gasteiger partial charge in [-0.15, -0.1) is 0 Å². The molecule has 0 amide bonds. The Hall–Kier alpha value is -2.88. The lowest BCUT2D eigenvalue weighted by Gasteiger charge is -2.07. The maximum Gasteiger partial charge on any atom is 0.135 e. The molecule has 0 aliphatic heterocycles. The molecule has 0 fully saturated rings. The Balaban J connectivity index is 1.68. The van der Waals surface area contributed by atoms with Crippen LogP contribution in [0.5, 0.6) is 11.5 Å². The van der Waals surface area contributed by atoms with Crippen molar-refractivity contribution in [3.8, 4) is 11.5 Å². The molecule has 22 heavy (non-hydrogen) atoms. The van der Waals surface area contributed by atoms with Gasteiger partial charge >= 0.3 is 0 Å². The third kappa shape index (κ3) is 3.61. The maximum atomic E-state index is 5.81. The van der Waals surface area contributed by atoms with E-state index < -0.39 is 0 Å². The zero-order valence-corrected chi connectivity index (χ0v) is 12.4. The Labute approximate surface area is 129 Å². The van der Waals surface area contributed by atoms with Crippen molar-refractivity contribution in [1.29, 1.82) is 0 Å². The van der Waals surface area contributed by atoms with E-state index in [0.29, 0.717) is 18.1 Å². The molecular weight excluding hydrogens is 274 g/mol. The SMILES string of the molecule is Cc1ccc(Oc2ccc(Cc3nccc(N)n3)cc2)cc1. The van der Waals surface area contributed by atoms with Crippen molar-refractivity contribution in [2.24, 2.45) is 0 Å². The van der Waals surface area contributed by atoms with Crippen molar-refractivity contribution < 1.29 is 4.74 Å². The minimum atomic E-state index is 0.490. The van der Waals surface area contributed by atoms with Crippen LogP contribution in [0.1, 0.15) is 17.0 Å². The lowest BCUT2D eigenvalue weighted by Crippen LogP contribution is -1.99. The van der Waals surface area contributed by atoms with Gasteiger partial charge < -0.3 is 10.5 Å². The second kappa shape index (κ2) is 6.26. The number of nitrogens with two attached hydrogens (primary N) is 1. The average Bonchev–Trinajstić information content (AvgIpc) is 2.52. The van der Waals surface area contributed by atoms with Crippen LogP contribution in [-0.2, 0) is 6.42 Å². The van der Waals surface area contributed by atoms with Crippen LogP contribution in [0.25, 0.3) is 0 Å². The summed E-state index contributed by atoms with van der Waals surface area (Å²) in [4.78, 5) is 8.41. The quantitative estimate of drug-likeness (QED) is 0.795. The largest absolute Gasteiger partial charge is 0.457 e. The third-order valence-electron chi connectivity index (χ3n) is 3.27. The second-order valence-corrected chi connectivity index (χ2v) is 5.13. The molecule has 2 N–H and O–H groups in total. The Morgan fingerprint density at radius 2 is 1.55 bits per heavy atom. The zero-order valence-electron chi connectivity index (χ0n) is 12.4. The monoisotopic (exact) mass is 291 g/mol. The fourth-order valence-corrected chi connectivity index (χ4v) is 2.10. The molecule has 4 heteroatoms. The molecule has 1 aromatic heterocycles. The predicted octanol–water partition coefficient (Wildman–Crippen LogP) is 3.75. The highest BCUT2D eigenvalue weighted by atomic mass is 16.5. The number of hydrogen-bond acceptors (Lipinski definition) is 4. The van der Waals surface area contributed by atoms with E-state index in [1.54, 1.807) is 12.3 Å². The molecular formula is C18H17N3O. The maximum absolute atomic E-state index is 5.81. The van der Waals surface area contributed by atoms with Gasteiger partial charge in [0, 0.05) is 12.6 Å². The number of nitrogens with zero attached hydrogens (tertiary/aromatic N) is 2. The average molecular weight is 291 g/mol. The van der Waals surface area contributed by atoms with Gasteiger partial charge in [-0.1, -0.05) is 29.8 Å². The van der Waals surface area contributed by atoms with Crippen LogP contribution in [0.3, 0.4) is 0 Å². The standard InChI is InChI=1S/C18H17N3O/c1-13-2-6-15(7-3-13)22-16-8-4-14(5-9-16)12-18-20-11-10-17(19)21-18/h2-11H,12H2,1H3,(H2,19,20,21). The van der Waals surface area contributed by atoms with Crippen molar-refractivity contribution in [2.75, 3.05) is 5.73 Å².